The topological polar surface area (TPSA) is 114 Å². The number of benzene rings is 1. The molecule has 2 heterocycles. The van der Waals surface area contributed by atoms with Gasteiger partial charge in [-0.05, 0) is 12.8 Å². The number of rotatable bonds is 1. The van der Waals surface area contributed by atoms with Gasteiger partial charge in [-0.2, -0.15) is 15.8 Å². The van der Waals surface area contributed by atoms with Gasteiger partial charge in [-0.3, -0.25) is 5.41 Å². The Labute approximate surface area is 166 Å². The van der Waals surface area contributed by atoms with Gasteiger partial charge in [-0.25, -0.2) is 22.0 Å². The van der Waals surface area contributed by atoms with Gasteiger partial charge in [0, 0.05) is 6.42 Å². The molecule has 3 aliphatic rings. The van der Waals surface area contributed by atoms with Crippen LogP contribution in [0.25, 0.3) is 0 Å². The summed E-state index contributed by atoms with van der Waals surface area (Å²) in [6.07, 6.45) is -1.13. The van der Waals surface area contributed by atoms with E-state index >= 15 is 0 Å². The van der Waals surface area contributed by atoms with Gasteiger partial charge >= 0.3 is 0 Å². The lowest BCUT2D eigenvalue weighted by atomic mass is 9.51. The van der Waals surface area contributed by atoms with Crippen LogP contribution in [-0.4, -0.2) is 11.7 Å². The van der Waals surface area contributed by atoms with Gasteiger partial charge < -0.3 is 9.47 Å². The van der Waals surface area contributed by atoms with Gasteiger partial charge in [0.05, 0.1) is 29.7 Å². The predicted octanol–water partition coefficient (Wildman–Crippen LogP) is 3.89. The maximum atomic E-state index is 14.6. The molecule has 0 amide bonds. The molecule has 0 spiro atoms. The molecule has 4 atom stereocenters. The molecule has 2 bridgehead atoms. The Morgan fingerprint density at radius 3 is 1.97 bits per heavy atom. The first-order valence-electron chi connectivity index (χ1n) is 8.88. The summed E-state index contributed by atoms with van der Waals surface area (Å²) < 4.78 is 81.7. The lowest BCUT2D eigenvalue weighted by molar-refractivity contribution is -0.295. The lowest BCUT2D eigenvalue weighted by Gasteiger charge is -2.51. The monoisotopic (exact) mass is 422 g/mol. The molecule has 4 rings (SSSR count). The molecule has 6 nitrogen and oxygen atoms in total. The normalized spacial score (nSPS) is 33.6. The van der Waals surface area contributed by atoms with Crippen LogP contribution in [0.2, 0.25) is 0 Å². The first-order valence-corrected chi connectivity index (χ1v) is 8.88. The number of nitrogens with zero attached hydrogens (tertiary/aromatic N) is 3. The van der Waals surface area contributed by atoms with E-state index < -0.39 is 69.2 Å². The van der Waals surface area contributed by atoms with Crippen LogP contribution in [0, 0.1) is 85.2 Å². The highest BCUT2D eigenvalue weighted by Gasteiger charge is 2.81. The minimum Gasteiger partial charge on any atom is -0.447 e. The zero-order chi connectivity index (χ0) is 22.1. The second-order valence-electron chi connectivity index (χ2n) is 7.47. The fourth-order valence-electron chi connectivity index (χ4n) is 4.97. The minimum atomic E-state index is -2.81. The Kier molecular flexibility index (Phi) is 4.10. The molecule has 0 radical (unpaired) electrons. The van der Waals surface area contributed by atoms with E-state index in [0.717, 1.165) is 0 Å². The number of nitrogens with one attached hydrogen (secondary N) is 1. The van der Waals surface area contributed by atoms with Crippen molar-refractivity contribution in [1.82, 2.24) is 0 Å². The molecule has 1 aromatic rings. The Morgan fingerprint density at radius 1 is 0.867 bits per heavy atom. The Bertz CT molecular complexity index is 1080. The number of halogens is 5. The van der Waals surface area contributed by atoms with E-state index in [0.29, 0.717) is 12.8 Å². The van der Waals surface area contributed by atoms with Gasteiger partial charge in [0.1, 0.15) is 6.10 Å². The summed E-state index contributed by atoms with van der Waals surface area (Å²) >= 11 is 0. The maximum absolute atomic E-state index is 14.6. The van der Waals surface area contributed by atoms with E-state index in [2.05, 4.69) is 0 Å². The Morgan fingerprint density at radius 2 is 1.43 bits per heavy atom. The molecule has 1 saturated carbocycles. The van der Waals surface area contributed by atoms with Crippen molar-refractivity contribution in [2.24, 2.45) is 16.7 Å². The van der Waals surface area contributed by atoms with E-state index in [4.69, 9.17) is 14.9 Å². The van der Waals surface area contributed by atoms with Crippen LogP contribution >= 0.6 is 0 Å². The molecule has 3 fully saturated rings. The largest absolute Gasteiger partial charge is 0.447 e. The van der Waals surface area contributed by atoms with E-state index in [1.54, 1.807) is 6.07 Å². The van der Waals surface area contributed by atoms with E-state index in [1.165, 1.54) is 12.1 Å². The van der Waals surface area contributed by atoms with Gasteiger partial charge in [-0.15, -0.1) is 0 Å². The average Bonchev–Trinajstić information content (AvgIpc) is 2.96. The number of hydrogen-bond donors (Lipinski definition) is 1. The molecular formula is C19H11F5N4O2. The summed E-state index contributed by atoms with van der Waals surface area (Å²) in [5, 5.41) is 38.1. The number of nitriles is 3. The SMILES string of the molecule is N#CC1(C#N)C(c2c(F)c(F)c(F)c(F)c2F)OC23CCCCC2C1(C#N)C(=N)O3. The molecule has 1 aliphatic carbocycles. The van der Waals surface area contributed by atoms with E-state index in [1.807, 2.05) is 0 Å². The van der Waals surface area contributed by atoms with Crippen molar-refractivity contribution in [3.63, 3.8) is 0 Å². The van der Waals surface area contributed by atoms with Crippen LogP contribution in [0.5, 0.6) is 0 Å². The molecule has 11 heteroatoms. The van der Waals surface area contributed by atoms with Crippen molar-refractivity contribution in [2.75, 3.05) is 0 Å². The van der Waals surface area contributed by atoms with Gasteiger partial charge in [-0.1, -0.05) is 6.42 Å². The summed E-state index contributed by atoms with van der Waals surface area (Å²) in [5.74, 6) is -15.1. The van der Waals surface area contributed by atoms with Crippen molar-refractivity contribution in [2.45, 2.75) is 37.6 Å². The molecule has 0 aromatic heterocycles. The van der Waals surface area contributed by atoms with Crippen LogP contribution in [0.4, 0.5) is 22.0 Å². The third-order valence-corrected chi connectivity index (χ3v) is 6.32. The highest BCUT2D eigenvalue weighted by molar-refractivity contribution is 5.89. The Balaban J connectivity index is 2.09. The predicted molar refractivity (Wildman–Crippen MR) is 85.3 cm³/mol. The summed E-state index contributed by atoms with van der Waals surface area (Å²) in [7, 11) is 0. The summed E-state index contributed by atoms with van der Waals surface area (Å²) in [6, 6.07) is 4.75. The summed E-state index contributed by atoms with van der Waals surface area (Å²) in [4.78, 5) is 0. The fraction of sp³-hybridized carbons (Fsp3) is 0.474. The standard InChI is InChI=1S/C19H11F5N4O2/c20-10-9(11(21)13(23)14(24)12(10)22)15-17(5-25,6-26)18(7-27)8-3-1-2-4-19(8,29-15)30-16(18)28/h8,15,28H,1-4H2. The van der Waals surface area contributed by atoms with Crippen molar-refractivity contribution < 1.29 is 31.4 Å². The molecule has 154 valence electrons. The number of hydrogen-bond acceptors (Lipinski definition) is 6. The smallest absolute Gasteiger partial charge is 0.217 e. The van der Waals surface area contributed by atoms with Gasteiger partial charge in [0.15, 0.2) is 28.7 Å². The fourth-order valence-corrected chi connectivity index (χ4v) is 4.97. The van der Waals surface area contributed by atoms with E-state index in [-0.39, 0.29) is 12.8 Å². The van der Waals surface area contributed by atoms with Gasteiger partial charge in [0.25, 0.3) is 0 Å². The first kappa shape index (κ1) is 20.1. The second kappa shape index (κ2) is 6.13. The zero-order valence-electron chi connectivity index (χ0n) is 15.0. The molecule has 1 N–H and O–H groups in total. The van der Waals surface area contributed by atoms with Crippen molar-refractivity contribution in [1.29, 1.82) is 21.2 Å². The van der Waals surface area contributed by atoms with Crippen LogP contribution in [0.3, 0.4) is 0 Å². The Hall–Kier alpha value is -3.23. The van der Waals surface area contributed by atoms with Crippen LogP contribution in [0.15, 0.2) is 0 Å². The second-order valence-corrected chi connectivity index (χ2v) is 7.47. The van der Waals surface area contributed by atoms with Crippen LogP contribution < -0.4 is 0 Å². The molecule has 4 unspecified atom stereocenters. The zero-order valence-corrected chi connectivity index (χ0v) is 15.0. The third-order valence-electron chi connectivity index (χ3n) is 6.32. The third kappa shape index (κ3) is 1.95. The minimum absolute atomic E-state index is 0.0440. The highest BCUT2D eigenvalue weighted by atomic mass is 19.2. The van der Waals surface area contributed by atoms with E-state index in [9.17, 15) is 37.7 Å². The summed E-state index contributed by atoms with van der Waals surface area (Å²) in [6.45, 7) is 0. The first-order chi connectivity index (χ1) is 14.2. The van der Waals surface area contributed by atoms with Crippen molar-refractivity contribution in [3.05, 3.63) is 34.6 Å². The van der Waals surface area contributed by atoms with Crippen molar-refractivity contribution >= 4 is 5.90 Å². The van der Waals surface area contributed by atoms with Crippen LogP contribution in [-0.2, 0) is 9.47 Å². The number of ether oxygens (including phenoxy) is 2. The quantitative estimate of drug-likeness (QED) is 0.419. The maximum Gasteiger partial charge on any atom is 0.217 e. The molecular weight excluding hydrogens is 411 g/mol. The molecule has 2 aliphatic heterocycles. The summed E-state index contributed by atoms with van der Waals surface area (Å²) in [5.41, 5.74) is -6.67. The van der Waals surface area contributed by atoms with Gasteiger partial charge in [0.2, 0.25) is 22.9 Å². The lowest BCUT2D eigenvalue weighted by Crippen LogP contribution is -2.60. The van der Waals surface area contributed by atoms with Crippen molar-refractivity contribution in [3.8, 4) is 18.2 Å². The average molecular weight is 422 g/mol. The van der Waals surface area contributed by atoms with Crippen LogP contribution in [0.1, 0.15) is 37.4 Å². The molecule has 30 heavy (non-hydrogen) atoms. The highest BCUT2D eigenvalue weighted by Crippen LogP contribution is 2.69. The molecule has 2 saturated heterocycles. The molecule has 1 aromatic carbocycles.